The highest BCUT2D eigenvalue weighted by Gasteiger charge is 2.30. The predicted molar refractivity (Wildman–Crippen MR) is 95.4 cm³/mol. The molecule has 1 atom stereocenters. The van der Waals surface area contributed by atoms with E-state index in [-0.39, 0.29) is 46.6 Å². The van der Waals surface area contributed by atoms with Crippen molar-refractivity contribution in [1.82, 2.24) is 0 Å². The predicted octanol–water partition coefficient (Wildman–Crippen LogP) is 5.31. The lowest BCUT2D eigenvalue weighted by molar-refractivity contribution is -0.127. The van der Waals surface area contributed by atoms with E-state index in [2.05, 4.69) is 0 Å². The lowest BCUT2D eigenvalue weighted by atomic mass is 9.92. The van der Waals surface area contributed by atoms with Crippen LogP contribution in [0, 0.1) is 6.92 Å². The van der Waals surface area contributed by atoms with Crippen molar-refractivity contribution in [1.29, 1.82) is 0 Å². The Balaban J connectivity index is 2.40. The molecule has 148 valence electrons. The summed E-state index contributed by atoms with van der Waals surface area (Å²) in [5, 5.41) is 29.7. The molecule has 0 aliphatic heterocycles. The molecule has 0 saturated heterocycles. The molecule has 7 heteroatoms. The molecule has 0 amide bonds. The first-order valence-electron chi connectivity index (χ1n) is 8.58. The highest BCUT2D eigenvalue weighted by molar-refractivity contribution is 5.49. The van der Waals surface area contributed by atoms with Gasteiger partial charge >= 0.3 is 6.18 Å². The Hall–Kier alpha value is -2.57. The van der Waals surface area contributed by atoms with Crippen LogP contribution in [0.2, 0.25) is 0 Å². The second-order valence-corrected chi connectivity index (χ2v) is 6.67. The van der Waals surface area contributed by atoms with Crippen LogP contribution in [0.25, 0.3) is 0 Å². The van der Waals surface area contributed by atoms with Crippen LogP contribution in [-0.2, 0) is 13.0 Å². The SMILES string of the molecule is CCC(C)c1c(O)cc(O)cc1COc1cc(O)cc(C)c1CC(F)(F)F. The second kappa shape index (κ2) is 7.98. The van der Waals surface area contributed by atoms with Gasteiger partial charge in [0.2, 0.25) is 0 Å². The third kappa shape index (κ3) is 5.21. The van der Waals surface area contributed by atoms with E-state index < -0.39 is 12.6 Å². The molecule has 0 spiro atoms. The van der Waals surface area contributed by atoms with Gasteiger partial charge < -0.3 is 20.1 Å². The molecule has 2 aromatic rings. The van der Waals surface area contributed by atoms with E-state index in [1.165, 1.54) is 25.1 Å². The molecule has 0 fully saturated rings. The number of alkyl halides is 3. The van der Waals surface area contributed by atoms with E-state index in [4.69, 9.17) is 4.74 Å². The third-order valence-corrected chi connectivity index (χ3v) is 4.51. The Labute approximate surface area is 155 Å². The average Bonchev–Trinajstić information content (AvgIpc) is 2.53. The molecule has 0 aromatic heterocycles. The monoisotopic (exact) mass is 384 g/mol. The number of phenols is 3. The summed E-state index contributed by atoms with van der Waals surface area (Å²) in [6.07, 6.45) is -4.89. The maximum absolute atomic E-state index is 12.9. The van der Waals surface area contributed by atoms with Gasteiger partial charge in [-0.2, -0.15) is 13.2 Å². The number of aryl methyl sites for hydroxylation is 1. The number of aromatic hydroxyl groups is 3. The van der Waals surface area contributed by atoms with Crippen molar-refractivity contribution < 1.29 is 33.2 Å². The smallest absolute Gasteiger partial charge is 0.393 e. The molecule has 0 radical (unpaired) electrons. The first-order valence-corrected chi connectivity index (χ1v) is 8.58. The van der Waals surface area contributed by atoms with E-state index in [0.29, 0.717) is 11.1 Å². The van der Waals surface area contributed by atoms with Crippen molar-refractivity contribution in [3.8, 4) is 23.0 Å². The Bertz CT molecular complexity index is 816. The van der Waals surface area contributed by atoms with Crippen molar-refractivity contribution >= 4 is 0 Å². The summed E-state index contributed by atoms with van der Waals surface area (Å²) in [7, 11) is 0. The number of hydrogen-bond donors (Lipinski definition) is 3. The van der Waals surface area contributed by atoms with Crippen LogP contribution < -0.4 is 4.74 Å². The molecular formula is C20H23F3O4. The van der Waals surface area contributed by atoms with E-state index >= 15 is 0 Å². The molecule has 0 bridgehead atoms. The van der Waals surface area contributed by atoms with Crippen LogP contribution in [0.3, 0.4) is 0 Å². The number of hydrogen-bond acceptors (Lipinski definition) is 4. The van der Waals surface area contributed by atoms with Gasteiger partial charge in [-0.25, -0.2) is 0 Å². The van der Waals surface area contributed by atoms with Crippen molar-refractivity contribution in [2.45, 2.75) is 52.3 Å². The van der Waals surface area contributed by atoms with Crippen molar-refractivity contribution in [3.05, 3.63) is 46.5 Å². The minimum Gasteiger partial charge on any atom is -0.508 e. The molecule has 2 rings (SSSR count). The zero-order valence-electron chi connectivity index (χ0n) is 15.4. The zero-order valence-corrected chi connectivity index (χ0v) is 15.4. The summed E-state index contributed by atoms with van der Waals surface area (Å²) in [6.45, 7) is 5.14. The number of halogens is 3. The fourth-order valence-electron chi connectivity index (χ4n) is 3.05. The van der Waals surface area contributed by atoms with E-state index in [1.54, 1.807) is 0 Å². The Morgan fingerprint density at radius 2 is 1.67 bits per heavy atom. The fourth-order valence-corrected chi connectivity index (χ4v) is 3.05. The third-order valence-electron chi connectivity index (χ3n) is 4.51. The molecule has 1 unspecified atom stereocenters. The Morgan fingerprint density at radius 3 is 2.26 bits per heavy atom. The van der Waals surface area contributed by atoms with E-state index in [9.17, 15) is 28.5 Å². The first kappa shape index (κ1) is 20.7. The van der Waals surface area contributed by atoms with Gasteiger partial charge in [0.15, 0.2) is 0 Å². The topological polar surface area (TPSA) is 69.9 Å². The van der Waals surface area contributed by atoms with Crippen molar-refractivity contribution in [3.63, 3.8) is 0 Å². The molecule has 0 aliphatic rings. The van der Waals surface area contributed by atoms with Crippen LogP contribution >= 0.6 is 0 Å². The quantitative estimate of drug-likeness (QED) is 0.631. The number of benzene rings is 2. The maximum atomic E-state index is 12.9. The normalized spacial score (nSPS) is 12.8. The van der Waals surface area contributed by atoms with Crippen LogP contribution in [0.15, 0.2) is 24.3 Å². The standard InChI is InChI=1S/C20H23F3O4/c1-4-11(2)19-13(6-15(25)7-17(19)26)10-27-18-8-14(24)5-12(3)16(18)9-20(21,22)23/h5-8,11,24-26H,4,9-10H2,1-3H3. The molecule has 0 saturated carbocycles. The molecule has 27 heavy (non-hydrogen) atoms. The summed E-state index contributed by atoms with van der Waals surface area (Å²) in [5.41, 5.74) is 1.25. The highest BCUT2D eigenvalue weighted by atomic mass is 19.4. The molecule has 0 aliphatic carbocycles. The fraction of sp³-hybridized carbons (Fsp3) is 0.400. The van der Waals surface area contributed by atoms with Crippen molar-refractivity contribution in [2.75, 3.05) is 0 Å². The maximum Gasteiger partial charge on any atom is 0.393 e. The minimum atomic E-state index is -4.43. The molecule has 2 aromatic carbocycles. The summed E-state index contributed by atoms with van der Waals surface area (Å²) < 4.78 is 44.3. The van der Waals surface area contributed by atoms with Gasteiger partial charge in [-0.05, 0) is 37.0 Å². The van der Waals surface area contributed by atoms with Gasteiger partial charge in [0, 0.05) is 28.8 Å². The van der Waals surface area contributed by atoms with E-state index in [1.807, 2.05) is 13.8 Å². The minimum absolute atomic E-state index is 0.0373. The highest BCUT2D eigenvalue weighted by Crippen LogP contribution is 2.37. The average molecular weight is 384 g/mol. The lowest BCUT2D eigenvalue weighted by Crippen LogP contribution is -2.14. The Morgan fingerprint density at radius 1 is 1.04 bits per heavy atom. The molecule has 3 N–H and O–H groups in total. The molecular weight excluding hydrogens is 361 g/mol. The van der Waals surface area contributed by atoms with Crippen LogP contribution in [0.4, 0.5) is 13.2 Å². The summed E-state index contributed by atoms with van der Waals surface area (Å²) in [4.78, 5) is 0. The number of rotatable bonds is 6. The van der Waals surface area contributed by atoms with Crippen LogP contribution in [0.1, 0.15) is 48.4 Å². The van der Waals surface area contributed by atoms with Gasteiger partial charge in [0.25, 0.3) is 0 Å². The van der Waals surface area contributed by atoms with Crippen LogP contribution in [-0.4, -0.2) is 21.5 Å². The van der Waals surface area contributed by atoms with Gasteiger partial charge in [-0.15, -0.1) is 0 Å². The first-order chi connectivity index (χ1) is 12.5. The molecule has 0 heterocycles. The number of ether oxygens (including phenoxy) is 1. The van der Waals surface area contributed by atoms with Gasteiger partial charge in [-0.1, -0.05) is 13.8 Å². The van der Waals surface area contributed by atoms with Gasteiger partial charge in [-0.3, -0.25) is 0 Å². The second-order valence-electron chi connectivity index (χ2n) is 6.67. The van der Waals surface area contributed by atoms with Gasteiger partial charge in [0.05, 0.1) is 6.42 Å². The summed E-state index contributed by atoms with van der Waals surface area (Å²) >= 11 is 0. The largest absolute Gasteiger partial charge is 0.508 e. The van der Waals surface area contributed by atoms with E-state index in [0.717, 1.165) is 12.5 Å². The lowest BCUT2D eigenvalue weighted by Gasteiger charge is -2.20. The summed E-state index contributed by atoms with van der Waals surface area (Å²) in [6, 6.07) is 5.03. The molecule has 4 nitrogen and oxygen atoms in total. The van der Waals surface area contributed by atoms with Gasteiger partial charge in [0.1, 0.15) is 29.6 Å². The zero-order chi connectivity index (χ0) is 20.4. The summed E-state index contributed by atoms with van der Waals surface area (Å²) in [5.74, 6) is -0.576. The number of phenolic OH excluding ortho intramolecular Hbond substituents is 3. The Kier molecular flexibility index (Phi) is 6.13. The van der Waals surface area contributed by atoms with Crippen LogP contribution in [0.5, 0.6) is 23.0 Å². The van der Waals surface area contributed by atoms with Crippen molar-refractivity contribution in [2.24, 2.45) is 0 Å².